The molecule has 0 radical (unpaired) electrons. The summed E-state index contributed by atoms with van der Waals surface area (Å²) in [4.78, 5) is 0. The lowest BCUT2D eigenvalue weighted by Crippen LogP contribution is -1.96. The Balaban J connectivity index is 0.000000133. The summed E-state index contributed by atoms with van der Waals surface area (Å²) in [6.07, 6.45) is 0. The molecule has 0 atom stereocenters. The van der Waals surface area contributed by atoms with Crippen molar-refractivity contribution in [2.75, 3.05) is 0 Å². The maximum atomic E-state index is 6.94. The van der Waals surface area contributed by atoms with Crippen LogP contribution in [0.5, 0.6) is 0 Å². The fourth-order valence-electron chi connectivity index (χ4n) is 17.8. The standard InChI is InChI=1S/C54H33NO.C48H29NO/c1-2-16-38(17-3-1)55-48-24-12-10-18-40(48)41-29-28-36(33-49(41)55)39-30-31-47(53-46-23-11-13-25-50(46)56-54(39)53)52-44-21-8-6-19-42(44)51(43-20-7-9-22-45(43)52)37-27-26-34-14-4-5-15-35(34)32-37;1-2-14-31-29-32(26-25-30(31)13-1)45-35-17-3-5-19-37(35)46(38-20-6-4-18-36(38)45)40-27-28-43(48-47(40)39-21-9-12-24-44(39)50-48)49-41-22-10-7-15-33(41)34-16-8-11-23-42(34)49/h1-33H;1-29H. The summed E-state index contributed by atoms with van der Waals surface area (Å²) in [6.45, 7) is 0. The molecule has 0 aliphatic rings. The monoisotopic (exact) mass is 1350 g/mol. The molecule has 4 nitrogen and oxygen atoms in total. The molecule has 0 saturated carbocycles. The number of para-hydroxylation sites is 6. The van der Waals surface area contributed by atoms with E-state index in [-0.39, 0.29) is 0 Å². The van der Waals surface area contributed by atoms with Crippen molar-refractivity contribution in [2.24, 2.45) is 0 Å². The summed E-state index contributed by atoms with van der Waals surface area (Å²) >= 11 is 0. The van der Waals surface area contributed by atoms with Crippen LogP contribution < -0.4 is 0 Å². The van der Waals surface area contributed by atoms with Crippen LogP contribution in [0, 0.1) is 0 Å². The molecule has 0 bridgehead atoms. The van der Waals surface area contributed by atoms with Gasteiger partial charge in [-0.3, -0.25) is 0 Å². The SMILES string of the molecule is c1ccc(-n2c3ccccc3c3ccc(-c4ccc(-c5c6ccccc6c(-c6ccc7ccccc7c6)c6ccccc56)c5c4oc4ccccc45)cc32)cc1.c1ccc2cc(-c3c4ccccc4c(-c4ccc(-n5c6ccccc6c6ccccc65)c5oc6ccccc6c45)c4ccccc34)ccc2c1. The van der Waals surface area contributed by atoms with Crippen molar-refractivity contribution in [3.8, 4) is 67.0 Å². The van der Waals surface area contributed by atoms with Crippen LogP contribution in [0.4, 0.5) is 0 Å². The Hall–Kier alpha value is -14.1. The van der Waals surface area contributed by atoms with E-state index in [2.05, 4.69) is 385 Å². The van der Waals surface area contributed by atoms with Gasteiger partial charge < -0.3 is 18.0 Å². The molecule has 19 aromatic carbocycles. The highest BCUT2D eigenvalue weighted by atomic mass is 16.3. The minimum Gasteiger partial charge on any atom is -0.455 e. The number of hydrogen-bond acceptors (Lipinski definition) is 2. The number of rotatable bonds is 7. The Morgan fingerprint density at radius 3 is 1.01 bits per heavy atom. The lowest BCUT2D eigenvalue weighted by Gasteiger charge is -2.19. The number of hydrogen-bond donors (Lipinski definition) is 0. The van der Waals surface area contributed by atoms with Crippen molar-refractivity contribution in [1.82, 2.24) is 9.13 Å². The molecule has 4 heterocycles. The maximum Gasteiger partial charge on any atom is 0.160 e. The summed E-state index contributed by atoms with van der Waals surface area (Å²) in [5.41, 5.74) is 22.4. The van der Waals surface area contributed by atoms with Gasteiger partial charge in [-0.1, -0.05) is 303 Å². The highest BCUT2D eigenvalue weighted by Crippen LogP contribution is 2.52. The van der Waals surface area contributed by atoms with Gasteiger partial charge in [0.05, 0.1) is 27.8 Å². The van der Waals surface area contributed by atoms with Gasteiger partial charge in [0.2, 0.25) is 0 Å². The van der Waals surface area contributed by atoms with Crippen LogP contribution in [0.3, 0.4) is 0 Å². The second-order valence-electron chi connectivity index (χ2n) is 28.0. The molecule has 23 aromatic rings. The molecule has 0 aliphatic heterocycles. The van der Waals surface area contributed by atoms with E-state index in [1.165, 1.54) is 153 Å². The molecule has 0 amide bonds. The minimum absolute atomic E-state index is 0.886. The topological polar surface area (TPSA) is 36.1 Å². The van der Waals surface area contributed by atoms with Gasteiger partial charge in [0, 0.05) is 54.3 Å². The van der Waals surface area contributed by atoms with Gasteiger partial charge >= 0.3 is 0 Å². The normalized spacial score (nSPS) is 12.0. The number of benzene rings is 19. The summed E-state index contributed by atoms with van der Waals surface area (Å²) in [5, 5.41) is 24.3. The van der Waals surface area contributed by atoms with E-state index in [1.54, 1.807) is 0 Å². The molecular weight excluding hydrogens is 1290 g/mol. The van der Waals surface area contributed by atoms with E-state index in [0.717, 1.165) is 66.4 Å². The van der Waals surface area contributed by atoms with Gasteiger partial charge in [0.15, 0.2) is 5.58 Å². The Morgan fingerprint density at radius 2 is 0.528 bits per heavy atom. The molecular formula is C102H62N2O2. The first kappa shape index (κ1) is 59.6. The third kappa shape index (κ3) is 9.08. The first-order valence-electron chi connectivity index (χ1n) is 36.5. The van der Waals surface area contributed by atoms with Crippen LogP contribution in [0.1, 0.15) is 0 Å². The summed E-state index contributed by atoms with van der Waals surface area (Å²) < 4.78 is 18.6. The molecule has 4 aromatic heterocycles. The van der Waals surface area contributed by atoms with E-state index < -0.39 is 0 Å². The van der Waals surface area contributed by atoms with Gasteiger partial charge in [-0.2, -0.15) is 0 Å². The summed E-state index contributed by atoms with van der Waals surface area (Å²) in [7, 11) is 0. The molecule has 0 spiro atoms. The average molecular weight is 1350 g/mol. The summed E-state index contributed by atoms with van der Waals surface area (Å²) in [6, 6.07) is 136. The predicted molar refractivity (Wildman–Crippen MR) is 448 cm³/mol. The highest BCUT2D eigenvalue weighted by Gasteiger charge is 2.27. The van der Waals surface area contributed by atoms with Crippen LogP contribution in [0.15, 0.2) is 385 Å². The van der Waals surface area contributed by atoms with Crippen molar-refractivity contribution in [3.63, 3.8) is 0 Å². The fraction of sp³-hybridized carbons (Fsp3) is 0. The van der Waals surface area contributed by atoms with E-state index in [1.807, 2.05) is 0 Å². The molecule has 106 heavy (non-hydrogen) atoms. The second-order valence-corrected chi connectivity index (χ2v) is 28.0. The van der Waals surface area contributed by atoms with Crippen LogP contribution in [0.25, 0.3) is 219 Å². The Kier molecular flexibility index (Phi) is 13.4. The third-order valence-corrected chi connectivity index (χ3v) is 22.3. The lowest BCUT2D eigenvalue weighted by atomic mass is 9.84. The van der Waals surface area contributed by atoms with Gasteiger partial charge in [-0.05, 0) is 188 Å². The zero-order valence-corrected chi connectivity index (χ0v) is 57.5. The second kappa shape index (κ2) is 23.8. The van der Waals surface area contributed by atoms with Crippen LogP contribution in [0.2, 0.25) is 0 Å². The van der Waals surface area contributed by atoms with Crippen LogP contribution >= 0.6 is 0 Å². The molecule has 0 unspecified atom stereocenters. The fourth-order valence-corrected chi connectivity index (χ4v) is 17.8. The van der Waals surface area contributed by atoms with Crippen molar-refractivity contribution < 1.29 is 8.83 Å². The largest absolute Gasteiger partial charge is 0.455 e. The first-order valence-corrected chi connectivity index (χ1v) is 36.5. The number of aromatic nitrogens is 2. The minimum atomic E-state index is 0.886. The van der Waals surface area contributed by atoms with Crippen molar-refractivity contribution in [2.45, 2.75) is 0 Å². The number of fused-ring (bicyclic) bond motifs is 18. The Morgan fingerprint density at radius 1 is 0.189 bits per heavy atom. The van der Waals surface area contributed by atoms with Crippen LogP contribution in [-0.4, -0.2) is 9.13 Å². The lowest BCUT2D eigenvalue weighted by molar-refractivity contribution is 0.666. The van der Waals surface area contributed by atoms with E-state index in [9.17, 15) is 0 Å². The molecule has 0 N–H and O–H groups in total. The van der Waals surface area contributed by atoms with Gasteiger partial charge in [0.1, 0.15) is 16.7 Å². The number of furan rings is 2. The molecule has 4 heteroatoms. The molecule has 492 valence electrons. The van der Waals surface area contributed by atoms with Gasteiger partial charge in [-0.25, -0.2) is 0 Å². The molecule has 0 fully saturated rings. The Labute approximate surface area is 609 Å². The zero-order chi connectivity index (χ0) is 69.5. The average Bonchev–Trinajstić information content (AvgIpc) is 1.15. The molecule has 0 saturated heterocycles. The highest BCUT2D eigenvalue weighted by molar-refractivity contribution is 6.29. The van der Waals surface area contributed by atoms with E-state index in [0.29, 0.717) is 0 Å². The van der Waals surface area contributed by atoms with Gasteiger partial charge in [-0.15, -0.1) is 0 Å². The molecule has 0 aliphatic carbocycles. The third-order valence-electron chi connectivity index (χ3n) is 22.3. The quantitative estimate of drug-likeness (QED) is 0.149. The van der Waals surface area contributed by atoms with Crippen molar-refractivity contribution in [3.05, 3.63) is 376 Å². The number of nitrogens with zero attached hydrogens (tertiary/aromatic N) is 2. The van der Waals surface area contributed by atoms with Crippen molar-refractivity contribution in [1.29, 1.82) is 0 Å². The predicted octanol–water partition coefficient (Wildman–Crippen LogP) is 28.6. The van der Waals surface area contributed by atoms with Gasteiger partial charge in [0.25, 0.3) is 0 Å². The first-order chi connectivity index (χ1) is 52.6. The Bertz CT molecular complexity index is 7420. The van der Waals surface area contributed by atoms with Crippen LogP contribution in [-0.2, 0) is 0 Å². The molecule has 23 rings (SSSR count). The van der Waals surface area contributed by atoms with E-state index in [4.69, 9.17) is 8.83 Å². The summed E-state index contributed by atoms with van der Waals surface area (Å²) in [5.74, 6) is 0. The van der Waals surface area contributed by atoms with Crippen molar-refractivity contribution >= 4 is 152 Å². The zero-order valence-electron chi connectivity index (χ0n) is 57.5. The maximum absolute atomic E-state index is 6.94. The smallest absolute Gasteiger partial charge is 0.160 e. The van der Waals surface area contributed by atoms with E-state index >= 15 is 0 Å².